The second-order valence-electron chi connectivity index (χ2n) is 5.70. The molecule has 3 rings (SSSR count). The van der Waals surface area contributed by atoms with Gasteiger partial charge in [0.15, 0.2) is 0 Å². The Morgan fingerprint density at radius 3 is 2.48 bits per heavy atom. The largest absolute Gasteiger partial charge is 0.477 e. The SMILES string of the molecule is Cc1c(S(=O)(=O)N2CCc3ccccc3C2)cc(C(=O)O)n1C. The van der Waals surface area contributed by atoms with Crippen molar-refractivity contribution in [2.75, 3.05) is 6.54 Å². The fourth-order valence-corrected chi connectivity index (χ4v) is 4.64. The topological polar surface area (TPSA) is 79.6 Å². The van der Waals surface area contributed by atoms with Crippen LogP contribution in [0.5, 0.6) is 0 Å². The molecule has 122 valence electrons. The number of rotatable bonds is 3. The maximum atomic E-state index is 12.9. The summed E-state index contributed by atoms with van der Waals surface area (Å²) in [6.45, 7) is 2.34. The molecule has 1 aliphatic heterocycles. The van der Waals surface area contributed by atoms with E-state index in [0.29, 0.717) is 25.2 Å². The lowest BCUT2D eigenvalue weighted by Crippen LogP contribution is -2.36. The molecule has 23 heavy (non-hydrogen) atoms. The van der Waals surface area contributed by atoms with Crippen LogP contribution in [0, 0.1) is 6.92 Å². The van der Waals surface area contributed by atoms with Gasteiger partial charge in [-0.2, -0.15) is 4.31 Å². The Labute approximate surface area is 135 Å². The Kier molecular flexibility index (Phi) is 3.77. The minimum absolute atomic E-state index is 0.0292. The minimum atomic E-state index is -3.72. The molecule has 0 spiro atoms. The first kappa shape index (κ1) is 15.8. The number of carboxylic acid groups (broad SMARTS) is 1. The third-order valence-electron chi connectivity index (χ3n) is 4.42. The van der Waals surface area contributed by atoms with Crippen LogP contribution in [-0.4, -0.2) is 34.9 Å². The average Bonchev–Trinajstić information content (AvgIpc) is 2.83. The third kappa shape index (κ3) is 2.55. The van der Waals surface area contributed by atoms with Gasteiger partial charge in [0.05, 0.1) is 0 Å². The van der Waals surface area contributed by atoms with Gasteiger partial charge in [0.1, 0.15) is 10.6 Å². The lowest BCUT2D eigenvalue weighted by molar-refractivity contribution is 0.0686. The highest BCUT2D eigenvalue weighted by atomic mass is 32.2. The lowest BCUT2D eigenvalue weighted by Gasteiger charge is -2.28. The molecular weight excluding hydrogens is 316 g/mol. The highest BCUT2D eigenvalue weighted by Gasteiger charge is 2.32. The van der Waals surface area contributed by atoms with E-state index in [0.717, 1.165) is 11.1 Å². The average molecular weight is 334 g/mol. The number of nitrogens with zero attached hydrogens (tertiary/aromatic N) is 2. The number of benzene rings is 1. The van der Waals surface area contributed by atoms with E-state index < -0.39 is 16.0 Å². The normalized spacial score (nSPS) is 15.4. The number of carbonyl (C=O) groups is 1. The molecule has 0 amide bonds. The summed E-state index contributed by atoms with van der Waals surface area (Å²) >= 11 is 0. The zero-order valence-electron chi connectivity index (χ0n) is 13.0. The number of aromatic carboxylic acids is 1. The first-order chi connectivity index (χ1) is 10.8. The fourth-order valence-electron chi connectivity index (χ4n) is 2.95. The molecule has 0 aliphatic carbocycles. The van der Waals surface area contributed by atoms with Crippen LogP contribution in [0.2, 0.25) is 0 Å². The zero-order valence-corrected chi connectivity index (χ0v) is 13.8. The van der Waals surface area contributed by atoms with Crippen LogP contribution < -0.4 is 0 Å². The summed E-state index contributed by atoms with van der Waals surface area (Å²) in [6.07, 6.45) is 0.660. The Hall–Kier alpha value is -2.12. The van der Waals surface area contributed by atoms with E-state index in [9.17, 15) is 18.3 Å². The highest BCUT2D eigenvalue weighted by Crippen LogP contribution is 2.28. The minimum Gasteiger partial charge on any atom is -0.477 e. The second-order valence-corrected chi connectivity index (χ2v) is 7.61. The maximum Gasteiger partial charge on any atom is 0.352 e. The van der Waals surface area contributed by atoms with Gasteiger partial charge in [0.2, 0.25) is 10.0 Å². The van der Waals surface area contributed by atoms with Gasteiger partial charge in [-0.15, -0.1) is 0 Å². The predicted molar refractivity (Wildman–Crippen MR) is 84.9 cm³/mol. The number of fused-ring (bicyclic) bond motifs is 1. The Balaban J connectivity index is 2.01. The molecule has 2 aromatic rings. The van der Waals surface area contributed by atoms with Gasteiger partial charge in [-0.1, -0.05) is 24.3 Å². The van der Waals surface area contributed by atoms with E-state index >= 15 is 0 Å². The molecule has 0 bridgehead atoms. The summed E-state index contributed by atoms with van der Waals surface area (Å²) in [7, 11) is -2.16. The van der Waals surface area contributed by atoms with E-state index in [4.69, 9.17) is 0 Å². The summed E-state index contributed by atoms with van der Waals surface area (Å²) in [6, 6.07) is 9.02. The number of aromatic nitrogens is 1. The molecule has 6 nitrogen and oxygen atoms in total. The Morgan fingerprint density at radius 2 is 1.87 bits per heavy atom. The summed E-state index contributed by atoms with van der Waals surface area (Å²) in [5.41, 5.74) is 2.56. The van der Waals surface area contributed by atoms with Gasteiger partial charge in [-0.05, 0) is 30.5 Å². The molecule has 0 saturated heterocycles. The summed E-state index contributed by atoms with van der Waals surface area (Å²) in [5.74, 6) is -1.14. The monoisotopic (exact) mass is 334 g/mol. The first-order valence-electron chi connectivity index (χ1n) is 7.29. The number of sulfonamides is 1. The van der Waals surface area contributed by atoms with E-state index in [1.54, 1.807) is 14.0 Å². The van der Waals surface area contributed by atoms with E-state index in [1.807, 2.05) is 24.3 Å². The Morgan fingerprint density at radius 1 is 1.22 bits per heavy atom. The summed E-state index contributed by atoms with van der Waals surface area (Å²) in [4.78, 5) is 11.3. The van der Waals surface area contributed by atoms with Crippen molar-refractivity contribution in [3.8, 4) is 0 Å². The Bertz CT molecular complexity index is 883. The van der Waals surface area contributed by atoms with Crippen LogP contribution in [0.25, 0.3) is 0 Å². The fraction of sp³-hybridized carbons (Fsp3) is 0.312. The molecule has 7 heteroatoms. The third-order valence-corrected chi connectivity index (χ3v) is 6.38. The number of hydrogen-bond donors (Lipinski definition) is 1. The molecule has 0 fully saturated rings. The van der Waals surface area contributed by atoms with Crippen molar-refractivity contribution < 1.29 is 18.3 Å². The number of hydrogen-bond acceptors (Lipinski definition) is 3. The lowest BCUT2D eigenvalue weighted by atomic mass is 10.0. The van der Waals surface area contributed by atoms with Crippen molar-refractivity contribution in [2.45, 2.75) is 24.8 Å². The van der Waals surface area contributed by atoms with Crippen LogP contribution in [0.4, 0.5) is 0 Å². The molecule has 0 unspecified atom stereocenters. The van der Waals surface area contributed by atoms with E-state index in [-0.39, 0.29) is 10.6 Å². The van der Waals surface area contributed by atoms with Crippen molar-refractivity contribution in [3.05, 3.63) is 52.8 Å². The van der Waals surface area contributed by atoms with Crippen LogP contribution in [-0.2, 0) is 30.0 Å². The smallest absolute Gasteiger partial charge is 0.352 e. The summed E-state index contributed by atoms with van der Waals surface area (Å²) in [5, 5.41) is 9.18. The zero-order chi connectivity index (χ0) is 16.8. The van der Waals surface area contributed by atoms with Gasteiger partial charge in [0, 0.05) is 25.8 Å². The standard InChI is InChI=1S/C16H18N2O4S/c1-11-15(9-14(16(19)20)17(11)2)23(21,22)18-8-7-12-5-3-4-6-13(12)10-18/h3-6,9H,7-8,10H2,1-2H3,(H,19,20). The predicted octanol–water partition coefficient (Wildman–Crippen LogP) is 1.78. The van der Waals surface area contributed by atoms with E-state index in [1.165, 1.54) is 14.9 Å². The van der Waals surface area contributed by atoms with Crippen LogP contribution in [0.15, 0.2) is 35.2 Å². The maximum absolute atomic E-state index is 12.9. The first-order valence-corrected chi connectivity index (χ1v) is 8.73. The molecule has 1 aliphatic rings. The van der Waals surface area contributed by atoms with Crippen molar-refractivity contribution in [1.29, 1.82) is 0 Å². The molecule has 0 saturated carbocycles. The van der Waals surface area contributed by atoms with Crippen molar-refractivity contribution in [2.24, 2.45) is 7.05 Å². The van der Waals surface area contributed by atoms with Gasteiger partial charge in [-0.3, -0.25) is 0 Å². The van der Waals surface area contributed by atoms with Crippen molar-refractivity contribution in [1.82, 2.24) is 8.87 Å². The van der Waals surface area contributed by atoms with Gasteiger partial charge >= 0.3 is 5.97 Å². The molecule has 1 aromatic carbocycles. The molecule has 2 heterocycles. The molecule has 1 N–H and O–H groups in total. The van der Waals surface area contributed by atoms with Crippen LogP contribution in [0.3, 0.4) is 0 Å². The molecule has 1 aromatic heterocycles. The summed E-state index contributed by atoms with van der Waals surface area (Å²) < 4.78 is 28.7. The molecule has 0 radical (unpaired) electrons. The number of carboxylic acids is 1. The molecule has 0 atom stereocenters. The quantitative estimate of drug-likeness (QED) is 0.928. The van der Waals surface area contributed by atoms with Gasteiger partial charge in [0.25, 0.3) is 0 Å². The van der Waals surface area contributed by atoms with Crippen LogP contribution in [0.1, 0.15) is 27.3 Å². The van der Waals surface area contributed by atoms with E-state index in [2.05, 4.69) is 0 Å². The van der Waals surface area contributed by atoms with Crippen molar-refractivity contribution >= 4 is 16.0 Å². The highest BCUT2D eigenvalue weighted by molar-refractivity contribution is 7.89. The van der Waals surface area contributed by atoms with Gasteiger partial charge < -0.3 is 9.67 Å². The van der Waals surface area contributed by atoms with Crippen LogP contribution >= 0.6 is 0 Å². The molecular formula is C16H18N2O4S. The van der Waals surface area contributed by atoms with Gasteiger partial charge in [-0.25, -0.2) is 13.2 Å². The second kappa shape index (κ2) is 5.50. The van der Waals surface area contributed by atoms with Crippen molar-refractivity contribution in [3.63, 3.8) is 0 Å².